The molecule has 0 saturated carbocycles. The Balaban J connectivity index is 4.41. The van der Waals surface area contributed by atoms with Gasteiger partial charge in [0.1, 0.15) is 5.60 Å². The molecular formula is C14H30ClNO3Si. The molecule has 0 radical (unpaired) electrons. The third kappa shape index (κ3) is 7.50. The molecule has 1 unspecified atom stereocenters. The number of hydrogen-bond donors (Lipinski definition) is 1. The Morgan fingerprint density at radius 2 is 1.70 bits per heavy atom. The predicted molar refractivity (Wildman–Crippen MR) is 87.0 cm³/mol. The fourth-order valence-electron chi connectivity index (χ4n) is 1.23. The molecule has 1 N–H and O–H groups in total. The normalized spacial score (nSPS) is 14.8. The second kappa shape index (κ2) is 7.14. The van der Waals surface area contributed by atoms with Crippen molar-refractivity contribution in [2.45, 2.75) is 71.4 Å². The van der Waals surface area contributed by atoms with E-state index in [1.54, 1.807) is 0 Å². The molecule has 0 aliphatic heterocycles. The fourth-order valence-corrected chi connectivity index (χ4v) is 2.86. The molecule has 0 aromatic heterocycles. The van der Waals surface area contributed by atoms with E-state index in [-0.39, 0.29) is 11.1 Å². The Morgan fingerprint density at radius 3 is 2.05 bits per heavy atom. The highest BCUT2D eigenvalue weighted by molar-refractivity contribution is 6.74. The van der Waals surface area contributed by atoms with Crippen LogP contribution in [0.1, 0.15) is 41.5 Å². The zero-order chi connectivity index (χ0) is 16.2. The molecule has 0 aromatic carbocycles. The smallest absolute Gasteiger partial charge is 0.407 e. The van der Waals surface area contributed by atoms with Gasteiger partial charge < -0.3 is 14.5 Å². The molecule has 120 valence electrons. The minimum absolute atomic E-state index is 0.114. The summed E-state index contributed by atoms with van der Waals surface area (Å²) in [7, 11) is -1.88. The Bertz CT molecular complexity index is 321. The number of carbonyl (C=O) groups is 1. The number of alkyl halides is 1. The van der Waals surface area contributed by atoms with Gasteiger partial charge in [0.15, 0.2) is 8.32 Å². The first-order chi connectivity index (χ1) is 8.78. The number of alkyl carbamates (subject to hydrolysis) is 1. The molecule has 0 spiro atoms. The van der Waals surface area contributed by atoms with Gasteiger partial charge in [0.25, 0.3) is 0 Å². The summed E-state index contributed by atoms with van der Waals surface area (Å²) < 4.78 is 11.4. The van der Waals surface area contributed by atoms with Gasteiger partial charge in [-0.2, -0.15) is 0 Å². The minimum atomic E-state index is -1.88. The number of hydrogen-bond acceptors (Lipinski definition) is 3. The van der Waals surface area contributed by atoms with Crippen LogP contribution in [0.5, 0.6) is 0 Å². The van der Waals surface area contributed by atoms with E-state index in [1.165, 1.54) is 0 Å². The monoisotopic (exact) mass is 323 g/mol. The van der Waals surface area contributed by atoms with Gasteiger partial charge in [-0.05, 0) is 38.9 Å². The van der Waals surface area contributed by atoms with Crippen molar-refractivity contribution in [3.63, 3.8) is 0 Å². The molecular weight excluding hydrogens is 294 g/mol. The van der Waals surface area contributed by atoms with Crippen molar-refractivity contribution < 1.29 is 14.0 Å². The van der Waals surface area contributed by atoms with E-state index >= 15 is 0 Å². The van der Waals surface area contributed by atoms with E-state index < -0.39 is 20.0 Å². The molecule has 0 aliphatic rings. The molecule has 0 saturated heterocycles. The molecule has 6 heteroatoms. The fraction of sp³-hybridized carbons (Fsp3) is 0.929. The van der Waals surface area contributed by atoms with E-state index in [1.807, 2.05) is 20.8 Å². The first-order valence-electron chi connectivity index (χ1n) is 6.99. The van der Waals surface area contributed by atoms with Gasteiger partial charge in [0.05, 0.1) is 6.10 Å². The lowest BCUT2D eigenvalue weighted by atomic mass is 10.2. The molecule has 1 atom stereocenters. The summed E-state index contributed by atoms with van der Waals surface area (Å²) in [6.07, 6.45) is -0.628. The highest BCUT2D eigenvalue weighted by Crippen LogP contribution is 2.37. The van der Waals surface area contributed by atoms with Crippen molar-refractivity contribution >= 4 is 26.0 Å². The van der Waals surface area contributed by atoms with E-state index in [0.717, 1.165) is 0 Å². The Morgan fingerprint density at radius 1 is 1.20 bits per heavy atom. The molecule has 0 aliphatic carbocycles. The summed E-state index contributed by atoms with van der Waals surface area (Å²) >= 11 is 5.95. The first-order valence-corrected chi connectivity index (χ1v) is 10.4. The molecule has 0 heterocycles. The Labute approximate surface area is 129 Å². The highest BCUT2D eigenvalue weighted by Gasteiger charge is 2.39. The molecule has 4 nitrogen and oxygen atoms in total. The quantitative estimate of drug-likeness (QED) is 0.611. The minimum Gasteiger partial charge on any atom is -0.444 e. The van der Waals surface area contributed by atoms with Crippen LogP contribution < -0.4 is 5.32 Å². The lowest BCUT2D eigenvalue weighted by Gasteiger charge is -2.39. The van der Waals surface area contributed by atoms with E-state index in [2.05, 4.69) is 39.2 Å². The third-order valence-corrected chi connectivity index (χ3v) is 8.19. The van der Waals surface area contributed by atoms with Crippen molar-refractivity contribution in [1.82, 2.24) is 5.32 Å². The summed E-state index contributed by atoms with van der Waals surface area (Å²) in [5, 5.41) is 2.83. The van der Waals surface area contributed by atoms with Gasteiger partial charge in [-0.25, -0.2) is 4.79 Å². The van der Waals surface area contributed by atoms with Gasteiger partial charge in [-0.15, -0.1) is 11.6 Å². The Kier molecular flexibility index (Phi) is 7.04. The number of amides is 1. The van der Waals surface area contributed by atoms with Gasteiger partial charge in [0.2, 0.25) is 0 Å². The van der Waals surface area contributed by atoms with Crippen LogP contribution in [0.15, 0.2) is 0 Å². The number of nitrogens with one attached hydrogen (secondary N) is 1. The summed E-state index contributed by atoms with van der Waals surface area (Å²) in [4.78, 5) is 11.6. The maximum absolute atomic E-state index is 11.6. The number of ether oxygens (including phenoxy) is 1. The van der Waals surface area contributed by atoms with Crippen LogP contribution >= 0.6 is 11.6 Å². The molecule has 0 bridgehead atoms. The lowest BCUT2D eigenvalue weighted by Crippen LogP contribution is -2.48. The van der Waals surface area contributed by atoms with Crippen LogP contribution in [0.3, 0.4) is 0 Å². The Hall–Kier alpha value is -0.263. The molecule has 1 amide bonds. The first kappa shape index (κ1) is 19.7. The standard InChI is InChI=1S/C14H30ClNO3Si/c1-13(2,3)18-12(17)16-10-11(9-15)19-20(7,8)14(4,5)6/h11H,9-10H2,1-8H3,(H,16,17). The largest absolute Gasteiger partial charge is 0.444 e. The van der Waals surface area contributed by atoms with Gasteiger partial charge in [0, 0.05) is 12.4 Å². The van der Waals surface area contributed by atoms with Crippen LogP contribution in [0.25, 0.3) is 0 Å². The highest BCUT2D eigenvalue weighted by atomic mass is 35.5. The predicted octanol–water partition coefficient (Wildman–Crippen LogP) is 4.14. The summed E-state index contributed by atoms with van der Waals surface area (Å²) in [5.74, 6) is 0.350. The second-order valence-corrected chi connectivity index (χ2v) is 12.6. The molecule has 0 rings (SSSR count). The van der Waals surface area contributed by atoms with Crippen molar-refractivity contribution in [2.75, 3.05) is 12.4 Å². The second-order valence-electron chi connectivity index (χ2n) is 7.54. The maximum atomic E-state index is 11.6. The number of rotatable bonds is 5. The van der Waals surface area contributed by atoms with Crippen molar-refractivity contribution in [3.8, 4) is 0 Å². The lowest BCUT2D eigenvalue weighted by molar-refractivity contribution is 0.0502. The van der Waals surface area contributed by atoms with Crippen LogP contribution in [0.2, 0.25) is 18.1 Å². The molecule has 0 fully saturated rings. The summed E-state index contributed by atoms with van der Waals surface area (Å²) in [6, 6.07) is 0. The zero-order valence-electron chi connectivity index (χ0n) is 14.1. The topological polar surface area (TPSA) is 47.6 Å². The van der Waals surface area contributed by atoms with Gasteiger partial charge in [-0.3, -0.25) is 0 Å². The SMILES string of the molecule is CC(C)(C)OC(=O)NCC(CCl)O[Si](C)(C)C(C)(C)C. The number of carbonyl (C=O) groups excluding carboxylic acids is 1. The van der Waals surface area contributed by atoms with Crippen LogP contribution in [0, 0.1) is 0 Å². The molecule has 0 aromatic rings. The zero-order valence-corrected chi connectivity index (χ0v) is 15.9. The summed E-state index contributed by atoms with van der Waals surface area (Å²) in [5.41, 5.74) is -0.499. The molecule has 20 heavy (non-hydrogen) atoms. The average Bonchev–Trinajstić information content (AvgIpc) is 2.19. The number of halogens is 1. The van der Waals surface area contributed by atoms with Gasteiger partial charge >= 0.3 is 6.09 Å². The van der Waals surface area contributed by atoms with Gasteiger partial charge in [-0.1, -0.05) is 20.8 Å². The van der Waals surface area contributed by atoms with Crippen LogP contribution in [-0.4, -0.2) is 38.5 Å². The van der Waals surface area contributed by atoms with Crippen LogP contribution in [-0.2, 0) is 9.16 Å². The summed E-state index contributed by atoms with van der Waals surface area (Å²) in [6.45, 7) is 16.7. The van der Waals surface area contributed by atoms with E-state index in [9.17, 15) is 4.79 Å². The maximum Gasteiger partial charge on any atom is 0.407 e. The van der Waals surface area contributed by atoms with E-state index in [0.29, 0.717) is 12.4 Å². The van der Waals surface area contributed by atoms with Crippen LogP contribution in [0.4, 0.5) is 4.79 Å². The average molecular weight is 324 g/mol. The van der Waals surface area contributed by atoms with Crippen molar-refractivity contribution in [3.05, 3.63) is 0 Å². The van der Waals surface area contributed by atoms with Crippen molar-refractivity contribution in [1.29, 1.82) is 0 Å². The third-order valence-electron chi connectivity index (χ3n) is 3.31. The van der Waals surface area contributed by atoms with E-state index in [4.69, 9.17) is 20.8 Å². The van der Waals surface area contributed by atoms with Crippen molar-refractivity contribution in [2.24, 2.45) is 0 Å².